The first kappa shape index (κ1) is 14.0. The molecule has 0 aliphatic rings. The van der Waals surface area contributed by atoms with Gasteiger partial charge in [-0.05, 0) is 43.1 Å². The monoisotopic (exact) mass is 277 g/mol. The topological polar surface area (TPSA) is 47.0 Å². The van der Waals surface area contributed by atoms with Crippen molar-refractivity contribution in [3.05, 3.63) is 40.4 Å². The van der Waals surface area contributed by atoms with Crippen molar-refractivity contribution in [1.29, 1.82) is 0 Å². The number of likely N-dealkylation sites (N-methyl/N-ethyl adjacent to an activating group) is 1. The van der Waals surface area contributed by atoms with Gasteiger partial charge in [0.25, 0.3) is 0 Å². The molecule has 19 heavy (non-hydrogen) atoms. The highest BCUT2D eigenvalue weighted by atomic mass is 32.1. The van der Waals surface area contributed by atoms with Gasteiger partial charge in [-0.2, -0.15) is 0 Å². The van der Waals surface area contributed by atoms with Gasteiger partial charge in [0.15, 0.2) is 0 Å². The average molecular weight is 277 g/mol. The summed E-state index contributed by atoms with van der Waals surface area (Å²) in [6.45, 7) is 5.12. The molecule has 0 spiro atoms. The van der Waals surface area contributed by atoms with E-state index in [1.165, 1.54) is 22.7 Å². The number of nitrogens with zero attached hydrogens (tertiary/aromatic N) is 2. The predicted octanol–water partition coefficient (Wildman–Crippen LogP) is 2.75. The molecule has 2 rings (SSSR count). The van der Waals surface area contributed by atoms with Crippen molar-refractivity contribution in [3.8, 4) is 5.75 Å². The Labute approximate surface area is 118 Å². The SMILES string of the molecule is CCNC(Cc1cc(C)ccc1OC)c1cnns1. The van der Waals surface area contributed by atoms with Crippen LogP contribution in [0.1, 0.15) is 29.0 Å². The molecule has 1 heterocycles. The summed E-state index contributed by atoms with van der Waals surface area (Å²) in [5.74, 6) is 0.936. The Morgan fingerprint density at radius 1 is 1.42 bits per heavy atom. The molecule has 0 amide bonds. The lowest BCUT2D eigenvalue weighted by atomic mass is 10.0. The van der Waals surface area contributed by atoms with Crippen LogP contribution < -0.4 is 10.1 Å². The maximum absolute atomic E-state index is 5.44. The van der Waals surface area contributed by atoms with Crippen LogP contribution in [-0.4, -0.2) is 23.2 Å². The molecule has 0 aliphatic heterocycles. The second-order valence-electron chi connectivity index (χ2n) is 4.45. The molecule has 0 bridgehead atoms. The molecule has 0 fully saturated rings. The van der Waals surface area contributed by atoms with E-state index in [0.29, 0.717) is 0 Å². The number of rotatable bonds is 6. The van der Waals surface area contributed by atoms with Crippen molar-refractivity contribution < 1.29 is 4.74 Å². The molecular formula is C14H19N3OS. The normalized spacial score (nSPS) is 12.4. The highest BCUT2D eigenvalue weighted by Crippen LogP contribution is 2.27. The molecule has 0 radical (unpaired) electrons. The summed E-state index contributed by atoms with van der Waals surface area (Å²) in [5, 5.41) is 7.40. The molecule has 4 nitrogen and oxygen atoms in total. The quantitative estimate of drug-likeness (QED) is 0.882. The third kappa shape index (κ3) is 3.52. The summed E-state index contributed by atoms with van der Waals surface area (Å²) in [7, 11) is 1.71. The number of hydrogen-bond acceptors (Lipinski definition) is 5. The van der Waals surface area contributed by atoms with Crippen LogP contribution in [0, 0.1) is 6.92 Å². The van der Waals surface area contributed by atoms with Crippen LogP contribution >= 0.6 is 11.5 Å². The summed E-state index contributed by atoms with van der Waals surface area (Å²) in [6, 6.07) is 6.51. The van der Waals surface area contributed by atoms with Gasteiger partial charge in [0, 0.05) is 6.04 Å². The number of hydrogen-bond donors (Lipinski definition) is 1. The lowest BCUT2D eigenvalue weighted by Gasteiger charge is -2.17. The second kappa shape index (κ2) is 6.63. The Morgan fingerprint density at radius 3 is 2.89 bits per heavy atom. The Morgan fingerprint density at radius 2 is 2.26 bits per heavy atom. The minimum atomic E-state index is 0.237. The van der Waals surface area contributed by atoms with Gasteiger partial charge in [0.05, 0.1) is 18.2 Å². The molecule has 0 saturated carbocycles. The number of nitrogens with one attached hydrogen (secondary N) is 1. The minimum Gasteiger partial charge on any atom is -0.496 e. The zero-order valence-corrected chi connectivity index (χ0v) is 12.3. The van der Waals surface area contributed by atoms with Gasteiger partial charge in [-0.15, -0.1) is 5.10 Å². The maximum Gasteiger partial charge on any atom is 0.122 e. The van der Waals surface area contributed by atoms with E-state index in [9.17, 15) is 0 Å². The standard InChI is InChI=1S/C14H19N3OS/c1-4-15-12(14-9-16-17-19-14)8-11-7-10(2)5-6-13(11)18-3/h5-7,9,12,15H,4,8H2,1-3H3. The van der Waals surface area contributed by atoms with Gasteiger partial charge in [-0.25, -0.2) is 0 Å². The van der Waals surface area contributed by atoms with E-state index in [2.05, 4.69) is 40.9 Å². The zero-order valence-electron chi connectivity index (χ0n) is 11.5. The lowest BCUT2D eigenvalue weighted by molar-refractivity contribution is 0.406. The first-order valence-electron chi connectivity index (χ1n) is 6.38. The van der Waals surface area contributed by atoms with Gasteiger partial charge >= 0.3 is 0 Å². The number of aromatic nitrogens is 2. The fourth-order valence-corrected chi connectivity index (χ4v) is 2.71. The largest absolute Gasteiger partial charge is 0.496 e. The van der Waals surface area contributed by atoms with Crippen molar-refractivity contribution in [3.63, 3.8) is 0 Å². The van der Waals surface area contributed by atoms with Crippen LogP contribution in [0.3, 0.4) is 0 Å². The van der Waals surface area contributed by atoms with Crippen molar-refractivity contribution in [1.82, 2.24) is 14.9 Å². The summed E-state index contributed by atoms with van der Waals surface area (Å²) in [6.07, 6.45) is 2.71. The zero-order chi connectivity index (χ0) is 13.7. The fourth-order valence-electron chi connectivity index (χ4n) is 2.13. The van der Waals surface area contributed by atoms with Gasteiger partial charge in [0.1, 0.15) is 5.75 Å². The van der Waals surface area contributed by atoms with Crippen molar-refractivity contribution in [2.75, 3.05) is 13.7 Å². The molecule has 1 N–H and O–H groups in total. The highest BCUT2D eigenvalue weighted by Gasteiger charge is 2.16. The van der Waals surface area contributed by atoms with Crippen molar-refractivity contribution in [2.45, 2.75) is 26.3 Å². The molecular weight excluding hydrogens is 258 g/mol. The van der Waals surface area contributed by atoms with Crippen LogP contribution in [0.5, 0.6) is 5.75 Å². The number of benzene rings is 1. The molecule has 0 saturated heterocycles. The Bertz CT molecular complexity index is 513. The van der Waals surface area contributed by atoms with Gasteiger partial charge in [-0.1, -0.05) is 29.1 Å². The first-order chi connectivity index (χ1) is 9.24. The van der Waals surface area contributed by atoms with E-state index in [0.717, 1.165) is 23.6 Å². The molecule has 1 atom stereocenters. The number of methoxy groups -OCH3 is 1. The third-order valence-electron chi connectivity index (χ3n) is 3.03. The van der Waals surface area contributed by atoms with E-state index in [1.807, 2.05) is 12.3 Å². The van der Waals surface area contributed by atoms with E-state index >= 15 is 0 Å². The maximum atomic E-state index is 5.44. The van der Waals surface area contributed by atoms with Gasteiger partial charge < -0.3 is 10.1 Å². The Kier molecular flexibility index (Phi) is 4.87. The van der Waals surface area contributed by atoms with Gasteiger partial charge in [-0.3, -0.25) is 0 Å². The highest BCUT2D eigenvalue weighted by molar-refractivity contribution is 7.05. The lowest BCUT2D eigenvalue weighted by Crippen LogP contribution is -2.22. The molecule has 0 aliphatic carbocycles. The summed E-state index contributed by atoms with van der Waals surface area (Å²) >= 11 is 1.44. The second-order valence-corrected chi connectivity index (χ2v) is 5.27. The fraction of sp³-hybridized carbons (Fsp3) is 0.429. The molecule has 2 aromatic rings. The van der Waals surface area contributed by atoms with E-state index < -0.39 is 0 Å². The Hall–Kier alpha value is -1.46. The molecule has 102 valence electrons. The molecule has 5 heteroatoms. The predicted molar refractivity (Wildman–Crippen MR) is 77.8 cm³/mol. The van der Waals surface area contributed by atoms with E-state index in [4.69, 9.17) is 4.74 Å². The van der Waals surface area contributed by atoms with Crippen LogP contribution in [0.15, 0.2) is 24.4 Å². The third-order valence-corrected chi connectivity index (χ3v) is 3.81. The molecule has 1 aromatic carbocycles. The van der Waals surface area contributed by atoms with Gasteiger partial charge in [0.2, 0.25) is 0 Å². The summed E-state index contributed by atoms with van der Waals surface area (Å²) in [5.41, 5.74) is 2.45. The van der Waals surface area contributed by atoms with Crippen LogP contribution in [-0.2, 0) is 6.42 Å². The number of ether oxygens (including phenoxy) is 1. The van der Waals surface area contributed by atoms with Crippen molar-refractivity contribution >= 4 is 11.5 Å². The number of aryl methyl sites for hydroxylation is 1. The first-order valence-corrected chi connectivity index (χ1v) is 7.16. The van der Waals surface area contributed by atoms with Crippen LogP contribution in [0.4, 0.5) is 0 Å². The van der Waals surface area contributed by atoms with E-state index in [-0.39, 0.29) is 6.04 Å². The smallest absolute Gasteiger partial charge is 0.122 e. The van der Waals surface area contributed by atoms with Crippen LogP contribution in [0.2, 0.25) is 0 Å². The Balaban J connectivity index is 2.24. The van der Waals surface area contributed by atoms with Crippen LogP contribution in [0.25, 0.3) is 0 Å². The molecule has 1 unspecified atom stereocenters. The average Bonchev–Trinajstić information content (AvgIpc) is 2.92. The molecule has 1 aromatic heterocycles. The summed E-state index contributed by atoms with van der Waals surface area (Å²) < 4.78 is 9.39. The van der Waals surface area contributed by atoms with E-state index in [1.54, 1.807) is 7.11 Å². The minimum absolute atomic E-state index is 0.237. The summed E-state index contributed by atoms with van der Waals surface area (Å²) in [4.78, 5) is 1.16. The van der Waals surface area contributed by atoms with Crippen molar-refractivity contribution in [2.24, 2.45) is 0 Å².